The molecule has 0 aromatic heterocycles. The van der Waals surface area contributed by atoms with Gasteiger partial charge in [-0.3, -0.25) is 4.79 Å². The summed E-state index contributed by atoms with van der Waals surface area (Å²) in [7, 11) is 1.30. The molecule has 0 amide bonds. The first-order valence-corrected chi connectivity index (χ1v) is 7.50. The Labute approximate surface area is 137 Å². The molecule has 4 nitrogen and oxygen atoms in total. The molecule has 0 atom stereocenters. The quantitative estimate of drug-likeness (QED) is 0.613. The van der Waals surface area contributed by atoms with Gasteiger partial charge >= 0.3 is 5.97 Å². The molecule has 23 heavy (non-hydrogen) atoms. The van der Waals surface area contributed by atoms with E-state index in [1.165, 1.54) is 13.2 Å². The van der Waals surface area contributed by atoms with Crippen LogP contribution in [0.2, 0.25) is 0 Å². The van der Waals surface area contributed by atoms with Gasteiger partial charge in [-0.1, -0.05) is 44.2 Å². The van der Waals surface area contributed by atoms with Crippen LogP contribution in [-0.4, -0.2) is 19.4 Å². The highest BCUT2D eigenvalue weighted by Crippen LogP contribution is 2.25. The SMILES string of the molecule is CC.COC(=O)c1cc(C)c(OCc2ccccc2)c(C=O)c1. The number of carbonyl (C=O) groups is 2. The molecular formula is C19H22O4. The van der Waals surface area contributed by atoms with E-state index in [9.17, 15) is 9.59 Å². The van der Waals surface area contributed by atoms with Crippen LogP contribution in [0.1, 0.15) is 45.7 Å². The molecule has 0 bridgehead atoms. The minimum absolute atomic E-state index is 0.337. The number of aryl methyl sites for hydroxylation is 1. The third-order valence-corrected chi connectivity index (χ3v) is 3.08. The summed E-state index contributed by atoms with van der Waals surface area (Å²) in [5.74, 6) is 0.0114. The molecule has 4 heteroatoms. The highest BCUT2D eigenvalue weighted by atomic mass is 16.5. The molecule has 0 saturated heterocycles. The number of esters is 1. The average Bonchev–Trinajstić information content (AvgIpc) is 2.61. The number of rotatable bonds is 5. The lowest BCUT2D eigenvalue weighted by Gasteiger charge is -2.13. The van der Waals surface area contributed by atoms with E-state index in [4.69, 9.17) is 4.74 Å². The average molecular weight is 314 g/mol. The molecule has 0 unspecified atom stereocenters. The van der Waals surface area contributed by atoms with Crippen LogP contribution in [0.15, 0.2) is 42.5 Å². The van der Waals surface area contributed by atoms with Gasteiger partial charge in [0, 0.05) is 0 Å². The molecule has 0 spiro atoms. The Morgan fingerprint density at radius 2 is 1.78 bits per heavy atom. The number of methoxy groups -OCH3 is 1. The maximum atomic E-state index is 11.5. The number of aldehydes is 1. The number of hydrogen-bond acceptors (Lipinski definition) is 4. The van der Waals surface area contributed by atoms with Gasteiger partial charge in [-0.25, -0.2) is 4.79 Å². The predicted molar refractivity (Wildman–Crippen MR) is 90.0 cm³/mol. The Hall–Kier alpha value is -2.62. The summed E-state index contributed by atoms with van der Waals surface area (Å²) in [6.45, 7) is 6.15. The predicted octanol–water partition coefficient (Wildman–Crippen LogP) is 4.20. The maximum absolute atomic E-state index is 11.5. The Balaban J connectivity index is 0.00000127. The van der Waals surface area contributed by atoms with Crippen molar-refractivity contribution in [2.75, 3.05) is 7.11 Å². The lowest BCUT2D eigenvalue weighted by Crippen LogP contribution is -2.06. The highest BCUT2D eigenvalue weighted by Gasteiger charge is 2.14. The lowest BCUT2D eigenvalue weighted by atomic mass is 10.1. The monoisotopic (exact) mass is 314 g/mol. The van der Waals surface area contributed by atoms with E-state index in [0.717, 1.165) is 11.1 Å². The van der Waals surface area contributed by atoms with Gasteiger partial charge in [-0.2, -0.15) is 0 Å². The van der Waals surface area contributed by atoms with Crippen LogP contribution < -0.4 is 4.74 Å². The standard InChI is InChI=1S/C17H16O4.C2H6/c1-12-8-14(17(19)20-2)9-15(10-18)16(12)21-11-13-6-4-3-5-7-13;1-2/h3-10H,11H2,1-2H3;1-2H3. The van der Waals surface area contributed by atoms with Gasteiger partial charge < -0.3 is 9.47 Å². The van der Waals surface area contributed by atoms with E-state index >= 15 is 0 Å². The zero-order chi connectivity index (χ0) is 17.2. The van der Waals surface area contributed by atoms with Crippen LogP contribution in [0.4, 0.5) is 0 Å². The second-order valence-corrected chi connectivity index (χ2v) is 4.60. The topological polar surface area (TPSA) is 52.6 Å². The van der Waals surface area contributed by atoms with Gasteiger partial charge in [0.1, 0.15) is 12.4 Å². The Morgan fingerprint density at radius 1 is 1.13 bits per heavy atom. The second-order valence-electron chi connectivity index (χ2n) is 4.60. The Kier molecular flexibility index (Phi) is 7.54. The summed E-state index contributed by atoms with van der Waals surface area (Å²) in [5.41, 5.74) is 2.40. The fourth-order valence-electron chi connectivity index (χ4n) is 2.05. The van der Waals surface area contributed by atoms with E-state index in [1.807, 2.05) is 44.2 Å². The fourth-order valence-corrected chi connectivity index (χ4v) is 2.05. The third-order valence-electron chi connectivity index (χ3n) is 3.08. The van der Waals surface area contributed by atoms with Gasteiger partial charge in [0.05, 0.1) is 18.2 Å². The first kappa shape index (κ1) is 18.4. The number of ether oxygens (including phenoxy) is 2. The molecular weight excluding hydrogens is 292 g/mol. The molecule has 0 radical (unpaired) electrons. The van der Waals surface area contributed by atoms with Crippen molar-refractivity contribution in [2.45, 2.75) is 27.4 Å². The van der Waals surface area contributed by atoms with E-state index in [0.29, 0.717) is 29.8 Å². The molecule has 2 rings (SSSR count). The number of benzene rings is 2. The van der Waals surface area contributed by atoms with Crippen molar-refractivity contribution in [1.29, 1.82) is 0 Å². The fraction of sp³-hybridized carbons (Fsp3) is 0.263. The summed E-state index contributed by atoms with van der Waals surface area (Å²) in [6.07, 6.45) is 0.680. The van der Waals surface area contributed by atoms with E-state index < -0.39 is 5.97 Å². The summed E-state index contributed by atoms with van der Waals surface area (Å²) in [5, 5.41) is 0. The van der Waals surface area contributed by atoms with Crippen LogP contribution >= 0.6 is 0 Å². The lowest BCUT2D eigenvalue weighted by molar-refractivity contribution is 0.0600. The third kappa shape index (κ3) is 4.95. The number of hydrogen-bond donors (Lipinski definition) is 0. The molecule has 2 aromatic carbocycles. The molecule has 0 aliphatic rings. The minimum Gasteiger partial charge on any atom is -0.488 e. The van der Waals surface area contributed by atoms with Crippen molar-refractivity contribution in [3.05, 3.63) is 64.7 Å². The second kappa shape index (κ2) is 9.41. The molecule has 0 saturated carbocycles. The van der Waals surface area contributed by atoms with Crippen LogP contribution in [0, 0.1) is 6.92 Å². The zero-order valence-electron chi connectivity index (χ0n) is 14.0. The normalized spacial score (nSPS) is 9.39. The van der Waals surface area contributed by atoms with Crippen molar-refractivity contribution >= 4 is 12.3 Å². The number of carbonyl (C=O) groups excluding carboxylic acids is 2. The Morgan fingerprint density at radius 3 is 2.35 bits per heavy atom. The van der Waals surface area contributed by atoms with Gasteiger partial charge in [0.25, 0.3) is 0 Å². The van der Waals surface area contributed by atoms with Crippen molar-refractivity contribution in [2.24, 2.45) is 0 Å². The first-order valence-electron chi connectivity index (χ1n) is 7.50. The van der Waals surface area contributed by atoms with Crippen molar-refractivity contribution in [3.63, 3.8) is 0 Å². The summed E-state index contributed by atoms with van der Waals surface area (Å²) < 4.78 is 10.4. The molecule has 0 aliphatic heterocycles. The summed E-state index contributed by atoms with van der Waals surface area (Å²) in [6, 6.07) is 12.8. The van der Waals surface area contributed by atoms with Crippen LogP contribution in [0.3, 0.4) is 0 Å². The molecule has 0 aliphatic carbocycles. The summed E-state index contributed by atoms with van der Waals surface area (Å²) in [4.78, 5) is 22.8. The first-order chi connectivity index (χ1) is 11.2. The van der Waals surface area contributed by atoms with Crippen LogP contribution in [-0.2, 0) is 11.3 Å². The molecule has 0 fully saturated rings. The maximum Gasteiger partial charge on any atom is 0.337 e. The molecule has 122 valence electrons. The van der Waals surface area contributed by atoms with E-state index in [-0.39, 0.29) is 0 Å². The van der Waals surface area contributed by atoms with Crippen LogP contribution in [0.25, 0.3) is 0 Å². The largest absolute Gasteiger partial charge is 0.488 e. The van der Waals surface area contributed by atoms with Crippen molar-refractivity contribution in [3.8, 4) is 5.75 Å². The summed E-state index contributed by atoms with van der Waals surface area (Å²) >= 11 is 0. The van der Waals surface area contributed by atoms with E-state index in [1.54, 1.807) is 13.0 Å². The van der Waals surface area contributed by atoms with Crippen molar-refractivity contribution < 1.29 is 19.1 Å². The van der Waals surface area contributed by atoms with Crippen molar-refractivity contribution in [1.82, 2.24) is 0 Å². The minimum atomic E-state index is -0.476. The molecule has 0 heterocycles. The zero-order valence-corrected chi connectivity index (χ0v) is 14.0. The van der Waals surface area contributed by atoms with Gasteiger partial charge in [0.15, 0.2) is 6.29 Å². The van der Waals surface area contributed by atoms with Crippen LogP contribution in [0.5, 0.6) is 5.75 Å². The molecule has 2 aromatic rings. The van der Waals surface area contributed by atoms with Gasteiger partial charge in [0.2, 0.25) is 0 Å². The molecule has 0 N–H and O–H groups in total. The Bertz CT molecular complexity index is 648. The van der Waals surface area contributed by atoms with Gasteiger partial charge in [-0.15, -0.1) is 0 Å². The van der Waals surface area contributed by atoms with E-state index in [2.05, 4.69) is 4.74 Å². The highest BCUT2D eigenvalue weighted by molar-refractivity contribution is 5.93. The van der Waals surface area contributed by atoms with Gasteiger partial charge in [-0.05, 0) is 30.2 Å². The smallest absolute Gasteiger partial charge is 0.337 e.